The van der Waals surface area contributed by atoms with Crippen molar-refractivity contribution in [2.75, 3.05) is 6.61 Å². The van der Waals surface area contributed by atoms with Crippen LogP contribution in [0.5, 0.6) is 0 Å². The Kier molecular flexibility index (Phi) is 2.06. The van der Waals surface area contributed by atoms with Gasteiger partial charge in [0, 0.05) is 0 Å². The van der Waals surface area contributed by atoms with E-state index in [1.807, 2.05) is 0 Å². The molecule has 0 spiro atoms. The molecule has 2 nitrogen and oxygen atoms in total. The third-order valence-electron chi connectivity index (χ3n) is 1.56. The number of esters is 1. The lowest BCUT2D eigenvalue weighted by molar-refractivity contribution is -0.205. The second-order valence-corrected chi connectivity index (χ2v) is 2.40. The van der Waals surface area contributed by atoms with Crippen molar-refractivity contribution in [1.29, 1.82) is 0 Å². The van der Waals surface area contributed by atoms with E-state index in [2.05, 4.69) is 4.74 Å². The van der Waals surface area contributed by atoms with Crippen molar-refractivity contribution < 1.29 is 22.7 Å². The van der Waals surface area contributed by atoms with Gasteiger partial charge in [0.2, 0.25) is 0 Å². The minimum absolute atomic E-state index is 0.116. The molecule has 5 heteroatoms. The third-order valence-corrected chi connectivity index (χ3v) is 1.56. The van der Waals surface area contributed by atoms with Gasteiger partial charge < -0.3 is 4.74 Å². The highest BCUT2D eigenvalue weighted by Gasteiger charge is 2.46. The monoisotopic (exact) mass is 168 g/mol. The molecule has 0 amide bonds. The second-order valence-electron chi connectivity index (χ2n) is 2.40. The van der Waals surface area contributed by atoms with Crippen LogP contribution in [-0.4, -0.2) is 18.8 Å². The summed E-state index contributed by atoms with van der Waals surface area (Å²) in [6.07, 6.45) is -4.27. The third kappa shape index (κ3) is 1.85. The molecule has 1 aliphatic rings. The summed E-state index contributed by atoms with van der Waals surface area (Å²) in [4.78, 5) is 10.5. The summed E-state index contributed by atoms with van der Waals surface area (Å²) in [6.45, 7) is 0.116. The van der Waals surface area contributed by atoms with Gasteiger partial charge in [0.25, 0.3) is 0 Å². The van der Waals surface area contributed by atoms with E-state index in [0.717, 1.165) is 0 Å². The molecule has 0 N–H and O–H groups in total. The van der Waals surface area contributed by atoms with Crippen molar-refractivity contribution in [3.8, 4) is 0 Å². The molecule has 0 aromatic rings. The Morgan fingerprint density at radius 3 is 2.45 bits per heavy atom. The molecule has 0 aliphatic carbocycles. The predicted octanol–water partition coefficient (Wildman–Crippen LogP) is 1.50. The van der Waals surface area contributed by atoms with Gasteiger partial charge in [-0.3, -0.25) is 4.79 Å². The van der Waals surface area contributed by atoms with Crippen molar-refractivity contribution in [3.63, 3.8) is 0 Å². The molecule has 0 saturated carbocycles. The molecule has 1 rings (SSSR count). The van der Waals surface area contributed by atoms with Crippen LogP contribution in [0.4, 0.5) is 13.2 Å². The first kappa shape index (κ1) is 8.36. The first-order valence-electron chi connectivity index (χ1n) is 3.25. The average Bonchev–Trinajstić information content (AvgIpc) is 1.86. The predicted molar refractivity (Wildman–Crippen MR) is 29.7 cm³/mol. The first-order chi connectivity index (χ1) is 5.02. The Bertz CT molecular complexity index is 164. The van der Waals surface area contributed by atoms with Crippen molar-refractivity contribution in [3.05, 3.63) is 0 Å². The Morgan fingerprint density at radius 2 is 2.09 bits per heavy atom. The molecule has 1 heterocycles. The number of hydrogen-bond acceptors (Lipinski definition) is 2. The number of ether oxygens (including phenoxy) is 1. The Morgan fingerprint density at radius 1 is 1.45 bits per heavy atom. The molecule has 1 saturated heterocycles. The van der Waals surface area contributed by atoms with E-state index < -0.39 is 18.1 Å². The van der Waals surface area contributed by atoms with Crippen molar-refractivity contribution >= 4 is 5.97 Å². The van der Waals surface area contributed by atoms with Gasteiger partial charge in [0.05, 0.1) is 6.61 Å². The molecule has 1 aliphatic heterocycles. The summed E-state index contributed by atoms with van der Waals surface area (Å²) in [5.41, 5.74) is 0. The lowest BCUT2D eigenvalue weighted by Gasteiger charge is -2.22. The highest BCUT2D eigenvalue weighted by atomic mass is 19.4. The average molecular weight is 168 g/mol. The molecule has 0 aromatic heterocycles. The number of halogens is 3. The minimum Gasteiger partial charge on any atom is -0.465 e. The summed E-state index contributed by atoms with van der Waals surface area (Å²) in [7, 11) is 0. The summed E-state index contributed by atoms with van der Waals surface area (Å²) in [6, 6.07) is 0. The molecule has 1 fully saturated rings. The normalized spacial score (nSPS) is 26.5. The van der Waals surface area contributed by atoms with Gasteiger partial charge in [0.15, 0.2) is 5.92 Å². The van der Waals surface area contributed by atoms with E-state index in [9.17, 15) is 18.0 Å². The smallest absolute Gasteiger partial charge is 0.402 e. The van der Waals surface area contributed by atoms with Gasteiger partial charge in [0.1, 0.15) is 0 Å². The largest absolute Gasteiger partial charge is 0.465 e. The van der Waals surface area contributed by atoms with E-state index in [1.54, 1.807) is 0 Å². The molecule has 11 heavy (non-hydrogen) atoms. The van der Waals surface area contributed by atoms with Gasteiger partial charge >= 0.3 is 12.1 Å². The molecule has 1 atom stereocenters. The molecular weight excluding hydrogens is 161 g/mol. The fraction of sp³-hybridized carbons (Fsp3) is 0.833. The van der Waals surface area contributed by atoms with Gasteiger partial charge in [-0.15, -0.1) is 0 Å². The molecule has 0 aromatic carbocycles. The van der Waals surface area contributed by atoms with E-state index in [-0.39, 0.29) is 13.0 Å². The van der Waals surface area contributed by atoms with Crippen LogP contribution in [0, 0.1) is 5.92 Å². The maximum atomic E-state index is 11.9. The topological polar surface area (TPSA) is 26.3 Å². The first-order valence-corrected chi connectivity index (χ1v) is 3.25. The molecule has 1 unspecified atom stereocenters. The maximum Gasteiger partial charge on any atom is 0.402 e. The molecular formula is C6H7F3O2. The lowest BCUT2D eigenvalue weighted by atomic mass is 10.0. The lowest BCUT2D eigenvalue weighted by Crippen LogP contribution is -2.35. The van der Waals surface area contributed by atoms with Gasteiger partial charge in [-0.2, -0.15) is 13.2 Å². The quantitative estimate of drug-likeness (QED) is 0.512. The van der Waals surface area contributed by atoms with Gasteiger partial charge in [-0.1, -0.05) is 0 Å². The highest BCUT2D eigenvalue weighted by molar-refractivity contribution is 5.73. The van der Waals surface area contributed by atoms with Crippen LogP contribution in [0.2, 0.25) is 0 Å². The van der Waals surface area contributed by atoms with Crippen LogP contribution < -0.4 is 0 Å². The van der Waals surface area contributed by atoms with E-state index >= 15 is 0 Å². The van der Waals surface area contributed by atoms with Gasteiger partial charge in [-0.25, -0.2) is 0 Å². The summed E-state index contributed by atoms with van der Waals surface area (Å²) in [5, 5.41) is 0. The number of hydrogen-bond donors (Lipinski definition) is 0. The van der Waals surface area contributed by atoms with Crippen LogP contribution >= 0.6 is 0 Å². The fourth-order valence-electron chi connectivity index (χ4n) is 0.976. The van der Waals surface area contributed by atoms with Crippen LogP contribution in [-0.2, 0) is 9.53 Å². The standard InChI is InChI=1S/C6H7F3O2/c7-6(8,9)4-2-1-3-11-5(4)10/h4H,1-3H2. The van der Waals surface area contributed by atoms with E-state index in [4.69, 9.17) is 0 Å². The number of rotatable bonds is 0. The van der Waals surface area contributed by atoms with Crippen molar-refractivity contribution in [1.82, 2.24) is 0 Å². The Labute approximate surface area is 61.3 Å². The molecule has 64 valence electrons. The maximum absolute atomic E-state index is 11.9. The van der Waals surface area contributed by atoms with Crippen molar-refractivity contribution in [2.45, 2.75) is 19.0 Å². The Hall–Kier alpha value is -0.740. The zero-order chi connectivity index (χ0) is 8.48. The minimum atomic E-state index is -4.43. The summed E-state index contributed by atoms with van der Waals surface area (Å²) >= 11 is 0. The van der Waals surface area contributed by atoms with Gasteiger partial charge in [-0.05, 0) is 12.8 Å². The number of carbonyl (C=O) groups excluding carboxylic acids is 1. The van der Waals surface area contributed by atoms with E-state index in [0.29, 0.717) is 6.42 Å². The van der Waals surface area contributed by atoms with Crippen LogP contribution in [0.1, 0.15) is 12.8 Å². The fourth-order valence-corrected chi connectivity index (χ4v) is 0.976. The molecule has 0 bridgehead atoms. The van der Waals surface area contributed by atoms with Crippen LogP contribution in [0.25, 0.3) is 0 Å². The zero-order valence-corrected chi connectivity index (χ0v) is 5.65. The number of alkyl halides is 3. The number of carbonyl (C=O) groups is 1. The van der Waals surface area contributed by atoms with Crippen molar-refractivity contribution in [2.24, 2.45) is 5.92 Å². The van der Waals surface area contributed by atoms with Crippen LogP contribution in [0.15, 0.2) is 0 Å². The highest BCUT2D eigenvalue weighted by Crippen LogP contribution is 2.32. The summed E-state index contributed by atoms with van der Waals surface area (Å²) in [5.74, 6) is -3.03. The SMILES string of the molecule is O=C1OCCCC1C(F)(F)F. The van der Waals surface area contributed by atoms with E-state index in [1.165, 1.54) is 0 Å². The number of cyclic esters (lactones) is 1. The molecule has 0 radical (unpaired) electrons. The Balaban J connectivity index is 2.62. The van der Waals surface area contributed by atoms with Crippen LogP contribution in [0.3, 0.4) is 0 Å². The summed E-state index contributed by atoms with van der Waals surface area (Å²) < 4.78 is 39.9. The second kappa shape index (κ2) is 2.71. The zero-order valence-electron chi connectivity index (χ0n) is 5.65.